The first-order chi connectivity index (χ1) is 9.59. The zero-order valence-electron chi connectivity index (χ0n) is 10.1. The SMILES string of the molecule is O=c1c2ccccc2[nH]c(=S)n1-c1cccc(Cl)c1Br. The third kappa shape index (κ3) is 2.12. The molecule has 1 aromatic heterocycles. The van der Waals surface area contributed by atoms with Gasteiger partial charge in [0.05, 0.1) is 26.1 Å². The summed E-state index contributed by atoms with van der Waals surface area (Å²) < 4.78 is 2.41. The lowest BCUT2D eigenvalue weighted by molar-refractivity contribution is 0.935. The van der Waals surface area contributed by atoms with E-state index in [2.05, 4.69) is 20.9 Å². The molecule has 0 amide bonds. The number of nitrogens with one attached hydrogen (secondary N) is 1. The van der Waals surface area contributed by atoms with Gasteiger partial charge in [-0.3, -0.25) is 9.36 Å². The van der Waals surface area contributed by atoms with Crippen molar-refractivity contribution in [1.29, 1.82) is 0 Å². The number of halogens is 2. The van der Waals surface area contributed by atoms with Crippen molar-refractivity contribution in [3.05, 3.63) is 67.1 Å². The van der Waals surface area contributed by atoms with Crippen LogP contribution in [0.15, 0.2) is 51.7 Å². The third-order valence-electron chi connectivity index (χ3n) is 2.98. The van der Waals surface area contributed by atoms with Crippen molar-refractivity contribution in [1.82, 2.24) is 9.55 Å². The van der Waals surface area contributed by atoms with E-state index in [1.807, 2.05) is 18.2 Å². The molecule has 0 saturated carbocycles. The minimum Gasteiger partial charge on any atom is -0.331 e. The summed E-state index contributed by atoms with van der Waals surface area (Å²) in [7, 11) is 0. The van der Waals surface area contributed by atoms with Crippen molar-refractivity contribution in [2.75, 3.05) is 0 Å². The van der Waals surface area contributed by atoms with Gasteiger partial charge in [-0.1, -0.05) is 29.8 Å². The number of fused-ring (bicyclic) bond motifs is 1. The van der Waals surface area contributed by atoms with Crippen LogP contribution in [0.3, 0.4) is 0 Å². The van der Waals surface area contributed by atoms with Crippen molar-refractivity contribution >= 4 is 50.7 Å². The van der Waals surface area contributed by atoms with Crippen LogP contribution in [0.25, 0.3) is 16.6 Å². The molecule has 0 atom stereocenters. The van der Waals surface area contributed by atoms with Gasteiger partial charge in [0.2, 0.25) is 0 Å². The number of aromatic amines is 1. The highest BCUT2D eigenvalue weighted by molar-refractivity contribution is 9.10. The van der Waals surface area contributed by atoms with Gasteiger partial charge in [0.25, 0.3) is 5.56 Å². The van der Waals surface area contributed by atoms with Gasteiger partial charge in [-0.05, 0) is 52.4 Å². The number of benzene rings is 2. The molecule has 0 spiro atoms. The number of hydrogen-bond acceptors (Lipinski definition) is 2. The summed E-state index contributed by atoms with van der Waals surface area (Å²) in [5.41, 5.74) is 1.17. The van der Waals surface area contributed by atoms with Gasteiger partial charge in [0, 0.05) is 0 Å². The third-order valence-corrected chi connectivity index (χ3v) is 4.64. The fourth-order valence-electron chi connectivity index (χ4n) is 2.05. The maximum atomic E-state index is 12.6. The first-order valence-corrected chi connectivity index (χ1v) is 7.36. The van der Waals surface area contributed by atoms with Crippen LogP contribution in [0, 0.1) is 4.77 Å². The largest absolute Gasteiger partial charge is 0.331 e. The molecule has 100 valence electrons. The molecular formula is C14H8BrClN2OS. The van der Waals surface area contributed by atoms with Crippen LogP contribution in [-0.4, -0.2) is 9.55 Å². The molecule has 2 aromatic carbocycles. The van der Waals surface area contributed by atoms with Crippen LogP contribution < -0.4 is 5.56 Å². The number of aromatic nitrogens is 2. The Balaban J connectivity index is 2.46. The average molecular weight is 368 g/mol. The van der Waals surface area contributed by atoms with E-state index in [0.29, 0.717) is 25.3 Å². The summed E-state index contributed by atoms with van der Waals surface area (Å²) in [6, 6.07) is 12.6. The Labute approximate surface area is 133 Å². The number of hydrogen-bond donors (Lipinski definition) is 1. The van der Waals surface area contributed by atoms with Crippen LogP contribution >= 0.6 is 39.7 Å². The van der Waals surface area contributed by atoms with E-state index in [1.165, 1.54) is 4.57 Å². The topological polar surface area (TPSA) is 37.8 Å². The molecule has 0 bridgehead atoms. The van der Waals surface area contributed by atoms with Gasteiger partial charge in [0.1, 0.15) is 0 Å². The molecule has 6 heteroatoms. The van der Waals surface area contributed by atoms with Gasteiger partial charge in [-0.15, -0.1) is 0 Å². The van der Waals surface area contributed by atoms with E-state index in [4.69, 9.17) is 23.8 Å². The van der Waals surface area contributed by atoms with E-state index in [9.17, 15) is 4.79 Å². The highest BCUT2D eigenvalue weighted by Crippen LogP contribution is 2.28. The Bertz CT molecular complexity index is 932. The second-order valence-corrected chi connectivity index (χ2v) is 5.78. The van der Waals surface area contributed by atoms with Crippen molar-refractivity contribution in [3.8, 4) is 5.69 Å². The fourth-order valence-corrected chi connectivity index (χ4v) is 2.95. The van der Waals surface area contributed by atoms with E-state index in [0.717, 1.165) is 5.52 Å². The predicted octanol–water partition coefficient (Wildman–Crippen LogP) is 4.46. The Kier molecular flexibility index (Phi) is 3.50. The zero-order valence-corrected chi connectivity index (χ0v) is 13.2. The van der Waals surface area contributed by atoms with E-state index >= 15 is 0 Å². The monoisotopic (exact) mass is 366 g/mol. The number of rotatable bonds is 1. The minimum atomic E-state index is -0.174. The van der Waals surface area contributed by atoms with Crippen LogP contribution in [0.4, 0.5) is 0 Å². The minimum absolute atomic E-state index is 0.174. The summed E-state index contributed by atoms with van der Waals surface area (Å²) >= 11 is 14.8. The standard InChI is InChI=1S/C14H8BrClN2OS/c15-12-9(16)5-3-7-11(12)18-13(19)8-4-1-2-6-10(8)17-14(18)20/h1-7H,(H,17,20). The molecule has 0 aliphatic carbocycles. The maximum Gasteiger partial charge on any atom is 0.266 e. The summed E-state index contributed by atoms with van der Waals surface area (Å²) in [6.07, 6.45) is 0. The molecule has 0 saturated heterocycles. The smallest absolute Gasteiger partial charge is 0.266 e. The molecule has 1 N–H and O–H groups in total. The Hall–Kier alpha value is -1.43. The van der Waals surface area contributed by atoms with Gasteiger partial charge >= 0.3 is 0 Å². The molecule has 0 radical (unpaired) electrons. The quantitative estimate of drug-likeness (QED) is 0.645. The molecule has 3 nitrogen and oxygen atoms in total. The summed E-state index contributed by atoms with van der Waals surface area (Å²) in [5.74, 6) is 0. The van der Waals surface area contributed by atoms with Crippen molar-refractivity contribution < 1.29 is 0 Å². The lowest BCUT2D eigenvalue weighted by atomic mass is 10.2. The summed E-state index contributed by atoms with van der Waals surface area (Å²) in [4.78, 5) is 15.7. The first-order valence-electron chi connectivity index (χ1n) is 5.78. The van der Waals surface area contributed by atoms with Gasteiger partial charge < -0.3 is 4.98 Å². The molecular weight excluding hydrogens is 360 g/mol. The predicted molar refractivity (Wildman–Crippen MR) is 87.4 cm³/mol. The molecule has 0 aliphatic heterocycles. The van der Waals surface area contributed by atoms with Crippen molar-refractivity contribution in [3.63, 3.8) is 0 Å². The molecule has 0 fully saturated rings. The zero-order chi connectivity index (χ0) is 14.3. The van der Waals surface area contributed by atoms with Crippen LogP contribution in [-0.2, 0) is 0 Å². The van der Waals surface area contributed by atoms with Gasteiger partial charge in [-0.25, -0.2) is 0 Å². The Morgan fingerprint density at radius 3 is 2.70 bits per heavy atom. The first kappa shape index (κ1) is 13.5. The number of H-pyrrole nitrogens is 1. The average Bonchev–Trinajstić information content (AvgIpc) is 2.43. The van der Waals surface area contributed by atoms with Crippen LogP contribution in [0.1, 0.15) is 0 Å². The van der Waals surface area contributed by atoms with Crippen LogP contribution in [0.2, 0.25) is 5.02 Å². The normalized spacial score (nSPS) is 10.9. The molecule has 0 unspecified atom stereocenters. The van der Waals surface area contributed by atoms with Crippen molar-refractivity contribution in [2.45, 2.75) is 0 Å². The number of para-hydroxylation sites is 1. The second kappa shape index (κ2) is 5.16. The van der Waals surface area contributed by atoms with E-state index in [1.54, 1.807) is 24.3 Å². The number of nitrogens with zero attached hydrogens (tertiary/aromatic N) is 1. The summed E-state index contributed by atoms with van der Waals surface area (Å²) in [6.45, 7) is 0. The second-order valence-electron chi connectivity index (χ2n) is 4.19. The van der Waals surface area contributed by atoms with E-state index in [-0.39, 0.29) is 5.56 Å². The van der Waals surface area contributed by atoms with Gasteiger partial charge in [-0.2, -0.15) is 0 Å². The summed E-state index contributed by atoms with van der Waals surface area (Å²) in [5, 5.41) is 1.10. The van der Waals surface area contributed by atoms with Gasteiger partial charge in [0.15, 0.2) is 4.77 Å². The lowest BCUT2D eigenvalue weighted by Gasteiger charge is -2.10. The molecule has 3 aromatic rings. The lowest BCUT2D eigenvalue weighted by Crippen LogP contribution is -2.20. The maximum absolute atomic E-state index is 12.6. The highest BCUT2D eigenvalue weighted by Gasteiger charge is 2.11. The Morgan fingerprint density at radius 2 is 1.90 bits per heavy atom. The molecule has 0 aliphatic rings. The van der Waals surface area contributed by atoms with E-state index < -0.39 is 0 Å². The highest BCUT2D eigenvalue weighted by atomic mass is 79.9. The Morgan fingerprint density at radius 1 is 1.15 bits per heavy atom. The molecule has 20 heavy (non-hydrogen) atoms. The molecule has 1 heterocycles. The van der Waals surface area contributed by atoms with Crippen molar-refractivity contribution in [2.24, 2.45) is 0 Å². The molecule has 3 rings (SSSR count). The van der Waals surface area contributed by atoms with Crippen LogP contribution in [0.5, 0.6) is 0 Å². The fraction of sp³-hybridized carbons (Fsp3) is 0.